The molecule has 11 heteroatoms. The number of amides is 1. The van der Waals surface area contributed by atoms with Crippen LogP contribution in [0, 0.1) is 29.1 Å². The number of carbonyl (C=O) groups is 1. The Morgan fingerprint density at radius 3 is 2.00 bits per heavy atom. The number of thioether (sulfide) groups is 1. The van der Waals surface area contributed by atoms with Crippen LogP contribution in [0.3, 0.4) is 0 Å². The Morgan fingerprint density at radius 2 is 1.38 bits per heavy atom. The zero-order valence-corrected chi connectivity index (χ0v) is 22.6. The van der Waals surface area contributed by atoms with Crippen molar-refractivity contribution in [2.24, 2.45) is 0 Å². The molecule has 0 spiro atoms. The van der Waals surface area contributed by atoms with Gasteiger partial charge in [0.2, 0.25) is 5.82 Å². The topological polar surface area (TPSA) is 67.8 Å². The van der Waals surface area contributed by atoms with E-state index in [1.54, 1.807) is 23.9 Å². The van der Waals surface area contributed by atoms with Crippen molar-refractivity contribution in [3.63, 3.8) is 0 Å². The molecule has 3 atom stereocenters. The van der Waals surface area contributed by atoms with E-state index in [2.05, 4.69) is 5.32 Å². The van der Waals surface area contributed by atoms with Crippen LogP contribution in [0.4, 0.5) is 27.6 Å². The van der Waals surface area contributed by atoms with Crippen LogP contribution in [0.5, 0.6) is 0 Å². The average molecular weight is 602 g/mol. The first-order valence-electron chi connectivity index (χ1n) is 12.9. The molecule has 1 saturated heterocycles. The van der Waals surface area contributed by atoms with Gasteiger partial charge >= 0.3 is 0 Å². The first-order chi connectivity index (χ1) is 20.2. The number of aliphatic hydroxyl groups excluding tert-OH is 1. The highest BCUT2D eigenvalue weighted by Gasteiger charge is 2.33. The number of hydrogen-bond donors (Lipinski definition) is 2. The Labute approximate surface area is 242 Å². The van der Waals surface area contributed by atoms with Gasteiger partial charge in [0.15, 0.2) is 29.6 Å². The summed E-state index contributed by atoms with van der Waals surface area (Å²) in [5.74, 6) is -12.1. The number of aliphatic hydroxyl groups is 1. The van der Waals surface area contributed by atoms with Gasteiger partial charge in [-0.2, -0.15) is 0 Å². The molecule has 4 aromatic carbocycles. The first kappa shape index (κ1) is 29.7. The predicted octanol–water partition coefficient (Wildman–Crippen LogP) is 7.46. The van der Waals surface area contributed by atoms with Gasteiger partial charge in [-0.25, -0.2) is 22.0 Å². The van der Waals surface area contributed by atoms with Gasteiger partial charge in [0, 0.05) is 28.3 Å². The number of halogens is 5. The number of benzene rings is 4. The van der Waals surface area contributed by atoms with Crippen molar-refractivity contribution in [2.45, 2.75) is 36.4 Å². The molecule has 42 heavy (non-hydrogen) atoms. The molecule has 2 N–H and O–H groups in total. The summed E-state index contributed by atoms with van der Waals surface area (Å²) in [4.78, 5) is 13.5. The van der Waals surface area contributed by atoms with Crippen molar-refractivity contribution >= 4 is 23.4 Å². The first-order valence-corrected chi connectivity index (χ1v) is 13.8. The van der Waals surface area contributed by atoms with Gasteiger partial charge < -0.3 is 19.9 Å². The Kier molecular flexibility index (Phi) is 9.22. The Morgan fingerprint density at radius 1 is 0.786 bits per heavy atom. The van der Waals surface area contributed by atoms with Crippen LogP contribution in [-0.2, 0) is 16.1 Å². The van der Waals surface area contributed by atoms with E-state index in [4.69, 9.17) is 9.47 Å². The van der Waals surface area contributed by atoms with E-state index >= 15 is 0 Å². The maximum Gasteiger partial charge on any atom is 0.261 e. The lowest BCUT2D eigenvalue weighted by atomic mass is 10.0. The second-order valence-corrected chi connectivity index (χ2v) is 10.6. The van der Waals surface area contributed by atoms with E-state index in [1.165, 1.54) is 12.1 Å². The minimum atomic E-state index is -2.35. The number of carbonyl (C=O) groups excluding carboxylic acids is 1. The largest absolute Gasteiger partial charge is 0.392 e. The average Bonchev–Trinajstić information content (AvgIpc) is 3.02. The Balaban J connectivity index is 1.33. The van der Waals surface area contributed by atoms with Gasteiger partial charge in [-0.3, -0.25) is 4.79 Å². The fourth-order valence-corrected chi connectivity index (χ4v) is 5.39. The maximum atomic E-state index is 14.1. The summed E-state index contributed by atoms with van der Waals surface area (Å²) in [7, 11) is 0. The molecule has 1 amide bonds. The smallest absolute Gasteiger partial charge is 0.261 e. The minimum absolute atomic E-state index is 0.0517. The molecule has 5 rings (SSSR count). The molecule has 0 saturated carbocycles. The van der Waals surface area contributed by atoms with Gasteiger partial charge in [-0.15, -0.1) is 11.8 Å². The summed E-state index contributed by atoms with van der Waals surface area (Å²) in [6.45, 7) is -0.0823. The number of ether oxygens (including phenoxy) is 2. The van der Waals surface area contributed by atoms with Crippen molar-refractivity contribution in [3.8, 4) is 0 Å². The molecule has 1 aliphatic heterocycles. The fourth-order valence-electron chi connectivity index (χ4n) is 4.45. The molecule has 0 bridgehead atoms. The van der Waals surface area contributed by atoms with Gasteiger partial charge in [0.05, 0.1) is 18.8 Å². The third-order valence-electron chi connectivity index (χ3n) is 6.67. The number of hydrogen-bond acceptors (Lipinski definition) is 5. The lowest BCUT2D eigenvalue weighted by Gasteiger charge is -2.36. The summed E-state index contributed by atoms with van der Waals surface area (Å²) in [5, 5.41) is 11.5. The molecular formula is C31H24F5NO4S. The summed E-state index contributed by atoms with van der Waals surface area (Å²) < 4.78 is 81.1. The van der Waals surface area contributed by atoms with E-state index in [1.807, 2.05) is 54.6 Å². The summed E-state index contributed by atoms with van der Waals surface area (Å²) in [6.07, 6.45) is -0.760. The molecule has 1 heterocycles. The van der Waals surface area contributed by atoms with Crippen LogP contribution >= 0.6 is 11.8 Å². The maximum absolute atomic E-state index is 14.1. The van der Waals surface area contributed by atoms with Crippen molar-refractivity contribution in [1.29, 1.82) is 0 Å². The van der Waals surface area contributed by atoms with E-state index < -0.39 is 46.8 Å². The normalized spacial score (nSPS) is 18.6. The predicted molar refractivity (Wildman–Crippen MR) is 146 cm³/mol. The van der Waals surface area contributed by atoms with Crippen molar-refractivity contribution in [3.05, 3.63) is 130 Å². The molecule has 0 radical (unpaired) electrons. The van der Waals surface area contributed by atoms with Crippen molar-refractivity contribution in [2.75, 3.05) is 11.1 Å². The molecule has 1 fully saturated rings. The summed E-state index contributed by atoms with van der Waals surface area (Å²) in [6, 6.07) is 23.2. The number of nitrogens with one attached hydrogen (secondary N) is 1. The highest BCUT2D eigenvalue weighted by molar-refractivity contribution is 7.99. The zero-order chi connectivity index (χ0) is 29.8. The summed E-state index contributed by atoms with van der Waals surface area (Å²) >= 11 is 1.64. The van der Waals surface area contributed by atoms with Crippen LogP contribution in [0.2, 0.25) is 0 Å². The highest BCUT2D eigenvalue weighted by atomic mass is 32.2. The van der Waals surface area contributed by atoms with Crippen LogP contribution in [-0.4, -0.2) is 22.9 Å². The molecular weight excluding hydrogens is 577 g/mol. The Bertz CT molecular complexity index is 1530. The van der Waals surface area contributed by atoms with E-state index in [9.17, 15) is 31.9 Å². The molecule has 218 valence electrons. The van der Waals surface area contributed by atoms with Gasteiger partial charge in [-0.05, 0) is 35.4 Å². The Hall–Kier alpha value is -3.77. The zero-order valence-electron chi connectivity index (χ0n) is 21.8. The van der Waals surface area contributed by atoms with E-state index in [0.29, 0.717) is 17.7 Å². The van der Waals surface area contributed by atoms with Crippen LogP contribution in [0.1, 0.15) is 45.9 Å². The van der Waals surface area contributed by atoms with Crippen molar-refractivity contribution in [1.82, 2.24) is 0 Å². The van der Waals surface area contributed by atoms with Crippen LogP contribution < -0.4 is 5.32 Å². The standard InChI is InChI=1S/C31H24F5NO4S/c32-25-24(26(33)28(35)29(36)27(25)34)30(39)37-20-12-10-19(11-13-20)31-40-21(16-42-22-4-2-1-3-5-22)14-23(41-31)18-8-6-17(15-38)7-9-18/h1-13,21,23,31,38H,14-16H2,(H,37,39). The third kappa shape index (κ3) is 6.49. The van der Waals surface area contributed by atoms with E-state index in [-0.39, 0.29) is 24.5 Å². The quantitative estimate of drug-likeness (QED) is 0.0950. The second-order valence-electron chi connectivity index (χ2n) is 9.50. The van der Waals surface area contributed by atoms with Crippen LogP contribution in [0.25, 0.3) is 0 Å². The molecule has 3 unspecified atom stereocenters. The highest BCUT2D eigenvalue weighted by Crippen LogP contribution is 2.39. The van der Waals surface area contributed by atoms with Gasteiger partial charge in [0.25, 0.3) is 5.91 Å². The molecule has 4 aromatic rings. The van der Waals surface area contributed by atoms with E-state index in [0.717, 1.165) is 16.0 Å². The molecule has 5 nitrogen and oxygen atoms in total. The van der Waals surface area contributed by atoms with Gasteiger partial charge in [-0.1, -0.05) is 54.6 Å². The number of anilines is 1. The molecule has 1 aliphatic rings. The van der Waals surface area contributed by atoms with Crippen LogP contribution in [0.15, 0.2) is 83.8 Å². The minimum Gasteiger partial charge on any atom is -0.392 e. The third-order valence-corrected chi connectivity index (χ3v) is 7.82. The summed E-state index contributed by atoms with van der Waals surface area (Å²) in [5.41, 5.74) is 0.721. The van der Waals surface area contributed by atoms with Crippen molar-refractivity contribution < 1.29 is 41.3 Å². The monoisotopic (exact) mass is 601 g/mol. The lowest BCUT2D eigenvalue weighted by Crippen LogP contribution is -2.31. The van der Waals surface area contributed by atoms with Gasteiger partial charge in [0.1, 0.15) is 5.56 Å². The molecule has 0 aromatic heterocycles. The molecule has 0 aliphatic carbocycles. The number of rotatable bonds is 8. The second kappa shape index (κ2) is 13.0. The fraction of sp³-hybridized carbons (Fsp3) is 0.194. The lowest BCUT2D eigenvalue weighted by molar-refractivity contribution is -0.245. The SMILES string of the molecule is O=C(Nc1ccc(C2OC(CSc3ccccc3)CC(c3ccc(CO)cc3)O2)cc1)c1c(F)c(F)c(F)c(F)c1F.